The highest BCUT2D eigenvalue weighted by Crippen LogP contribution is 2.30. The first-order chi connectivity index (χ1) is 10.6. The van der Waals surface area contributed by atoms with Gasteiger partial charge in [0.15, 0.2) is 0 Å². The Morgan fingerprint density at radius 1 is 1.45 bits per heavy atom. The lowest BCUT2D eigenvalue weighted by Gasteiger charge is -2.24. The van der Waals surface area contributed by atoms with Crippen molar-refractivity contribution in [3.8, 4) is 0 Å². The second-order valence-corrected chi connectivity index (χ2v) is 5.56. The van der Waals surface area contributed by atoms with Gasteiger partial charge in [0.25, 0.3) is 5.91 Å². The Bertz CT molecular complexity index is 701. The summed E-state index contributed by atoms with van der Waals surface area (Å²) in [7, 11) is 1.63. The molecule has 0 aliphatic carbocycles. The van der Waals surface area contributed by atoms with Gasteiger partial charge in [-0.25, -0.2) is 0 Å². The molecule has 1 unspecified atom stereocenters. The third-order valence-corrected chi connectivity index (χ3v) is 4.17. The maximum atomic E-state index is 12.6. The zero-order chi connectivity index (χ0) is 15.7. The molecule has 0 radical (unpaired) electrons. The van der Waals surface area contributed by atoms with Crippen molar-refractivity contribution < 1.29 is 9.59 Å². The summed E-state index contributed by atoms with van der Waals surface area (Å²) in [6.07, 6.45) is 3.54. The Morgan fingerprint density at radius 3 is 2.91 bits per heavy atom. The van der Waals surface area contributed by atoms with Crippen molar-refractivity contribution in [2.24, 2.45) is 0 Å². The molecular formula is C15H15ClN4O2. The molecular weight excluding hydrogens is 304 g/mol. The second-order valence-electron chi connectivity index (χ2n) is 5.15. The van der Waals surface area contributed by atoms with Crippen molar-refractivity contribution in [2.45, 2.75) is 12.5 Å². The molecule has 2 amide bonds. The minimum atomic E-state index is -0.487. The zero-order valence-electron chi connectivity index (χ0n) is 12.0. The van der Waals surface area contributed by atoms with E-state index in [0.29, 0.717) is 29.2 Å². The molecule has 7 heteroatoms. The molecule has 2 heterocycles. The third-order valence-electron chi connectivity index (χ3n) is 3.85. The molecule has 1 aliphatic heterocycles. The topological polar surface area (TPSA) is 69.3 Å². The summed E-state index contributed by atoms with van der Waals surface area (Å²) in [6.45, 7) is 0.538. The summed E-state index contributed by atoms with van der Waals surface area (Å²) in [5.41, 5.74) is 1.12. The largest absolute Gasteiger partial charge is 0.329 e. The first-order valence-corrected chi connectivity index (χ1v) is 7.29. The number of halogens is 1. The summed E-state index contributed by atoms with van der Waals surface area (Å²) in [6, 6.07) is 6.72. The number of H-pyrrole nitrogens is 1. The van der Waals surface area contributed by atoms with Crippen molar-refractivity contribution in [3.63, 3.8) is 0 Å². The maximum absolute atomic E-state index is 12.6. The van der Waals surface area contributed by atoms with Crippen LogP contribution in [-0.2, 0) is 4.79 Å². The molecule has 0 spiro atoms. The Labute approximate surface area is 132 Å². The van der Waals surface area contributed by atoms with Crippen molar-refractivity contribution in [1.29, 1.82) is 0 Å². The number of hydrogen-bond acceptors (Lipinski definition) is 3. The lowest BCUT2D eigenvalue weighted by molar-refractivity contribution is -0.120. The van der Waals surface area contributed by atoms with Gasteiger partial charge in [-0.1, -0.05) is 23.7 Å². The smallest absolute Gasteiger partial charge is 0.257 e. The minimum Gasteiger partial charge on any atom is -0.329 e. The fourth-order valence-electron chi connectivity index (χ4n) is 2.65. The Morgan fingerprint density at radius 2 is 2.23 bits per heavy atom. The monoisotopic (exact) mass is 318 g/mol. The van der Waals surface area contributed by atoms with Crippen LogP contribution in [0.2, 0.25) is 5.02 Å². The van der Waals surface area contributed by atoms with Gasteiger partial charge in [-0.3, -0.25) is 14.7 Å². The van der Waals surface area contributed by atoms with Gasteiger partial charge >= 0.3 is 0 Å². The van der Waals surface area contributed by atoms with E-state index in [2.05, 4.69) is 10.2 Å². The standard InChI is InChI=1S/C15H15ClN4O2/c1-19(14(21)10-8-17-18-9-10)13-6-7-20(15(13)22)12-5-3-2-4-11(12)16/h2-5,8-9,13H,6-7H2,1H3,(H,17,18). The molecule has 3 rings (SSSR count). The van der Waals surface area contributed by atoms with E-state index in [9.17, 15) is 9.59 Å². The lowest BCUT2D eigenvalue weighted by Crippen LogP contribution is -2.42. The quantitative estimate of drug-likeness (QED) is 0.940. The van der Waals surface area contributed by atoms with E-state index in [-0.39, 0.29) is 11.8 Å². The summed E-state index contributed by atoms with van der Waals surface area (Å²) in [5, 5.41) is 6.89. The predicted octanol–water partition coefficient (Wildman–Crippen LogP) is 1.94. The van der Waals surface area contributed by atoms with E-state index in [4.69, 9.17) is 11.6 Å². The van der Waals surface area contributed by atoms with Gasteiger partial charge < -0.3 is 9.80 Å². The van der Waals surface area contributed by atoms with Crippen LogP contribution in [0.3, 0.4) is 0 Å². The second kappa shape index (κ2) is 5.81. The molecule has 0 bridgehead atoms. The highest BCUT2D eigenvalue weighted by Gasteiger charge is 2.38. The van der Waals surface area contributed by atoms with Crippen LogP contribution in [0.15, 0.2) is 36.7 Å². The molecule has 1 N–H and O–H groups in total. The number of carbonyl (C=O) groups excluding carboxylic acids is 2. The highest BCUT2D eigenvalue weighted by molar-refractivity contribution is 6.34. The zero-order valence-corrected chi connectivity index (χ0v) is 12.7. The van der Waals surface area contributed by atoms with E-state index < -0.39 is 6.04 Å². The van der Waals surface area contributed by atoms with Crippen LogP contribution in [0.4, 0.5) is 5.69 Å². The number of rotatable bonds is 3. The summed E-state index contributed by atoms with van der Waals surface area (Å²) >= 11 is 6.15. The van der Waals surface area contributed by atoms with Crippen LogP contribution in [0.25, 0.3) is 0 Å². The predicted molar refractivity (Wildman–Crippen MR) is 82.9 cm³/mol. The molecule has 1 atom stereocenters. The molecule has 1 saturated heterocycles. The van der Waals surface area contributed by atoms with E-state index in [1.807, 2.05) is 12.1 Å². The van der Waals surface area contributed by atoms with Gasteiger partial charge in [0.2, 0.25) is 5.91 Å². The number of nitrogens with zero attached hydrogens (tertiary/aromatic N) is 3. The Hall–Kier alpha value is -2.34. The number of amides is 2. The van der Waals surface area contributed by atoms with Crippen molar-refractivity contribution in [2.75, 3.05) is 18.5 Å². The average Bonchev–Trinajstić information content (AvgIpc) is 3.16. The SMILES string of the molecule is CN(C(=O)c1cn[nH]c1)C1CCN(c2ccccc2Cl)C1=O. The van der Waals surface area contributed by atoms with E-state index >= 15 is 0 Å². The molecule has 1 fully saturated rings. The average molecular weight is 319 g/mol. The van der Waals surface area contributed by atoms with Gasteiger partial charge in [-0.15, -0.1) is 0 Å². The molecule has 22 heavy (non-hydrogen) atoms. The van der Waals surface area contributed by atoms with Crippen molar-refractivity contribution in [1.82, 2.24) is 15.1 Å². The summed E-state index contributed by atoms with van der Waals surface area (Å²) in [5.74, 6) is -0.347. The summed E-state index contributed by atoms with van der Waals surface area (Å²) < 4.78 is 0. The summed E-state index contributed by atoms with van der Waals surface area (Å²) in [4.78, 5) is 28.0. The normalized spacial score (nSPS) is 17.8. The number of likely N-dealkylation sites (N-methyl/N-ethyl adjacent to an activating group) is 1. The number of benzene rings is 1. The van der Waals surface area contributed by atoms with Crippen molar-refractivity contribution >= 4 is 29.1 Å². The number of hydrogen-bond donors (Lipinski definition) is 1. The van der Waals surface area contributed by atoms with E-state index in [1.165, 1.54) is 17.3 Å². The van der Waals surface area contributed by atoms with Crippen LogP contribution < -0.4 is 4.90 Å². The number of carbonyl (C=O) groups is 2. The maximum Gasteiger partial charge on any atom is 0.257 e. The molecule has 1 aliphatic rings. The van der Waals surface area contributed by atoms with Gasteiger partial charge in [-0.05, 0) is 18.6 Å². The number of para-hydroxylation sites is 1. The van der Waals surface area contributed by atoms with Gasteiger partial charge in [0.05, 0.1) is 22.5 Å². The minimum absolute atomic E-state index is 0.118. The lowest BCUT2D eigenvalue weighted by atomic mass is 10.2. The Balaban J connectivity index is 1.79. The molecule has 114 valence electrons. The van der Waals surface area contributed by atoms with Crippen LogP contribution >= 0.6 is 11.6 Å². The van der Waals surface area contributed by atoms with Gasteiger partial charge in [0, 0.05) is 19.8 Å². The Kier molecular flexibility index (Phi) is 3.85. The van der Waals surface area contributed by atoms with Crippen LogP contribution in [0.1, 0.15) is 16.8 Å². The molecule has 1 aromatic heterocycles. The first kappa shape index (κ1) is 14.6. The number of aromatic nitrogens is 2. The first-order valence-electron chi connectivity index (χ1n) is 6.91. The van der Waals surface area contributed by atoms with Gasteiger partial charge in [-0.2, -0.15) is 5.10 Å². The van der Waals surface area contributed by atoms with E-state index in [0.717, 1.165) is 0 Å². The van der Waals surface area contributed by atoms with Crippen LogP contribution in [0.5, 0.6) is 0 Å². The number of aromatic amines is 1. The molecule has 6 nitrogen and oxygen atoms in total. The fourth-order valence-corrected chi connectivity index (χ4v) is 2.88. The molecule has 0 saturated carbocycles. The van der Waals surface area contributed by atoms with Crippen molar-refractivity contribution in [3.05, 3.63) is 47.2 Å². The molecule has 1 aromatic carbocycles. The van der Waals surface area contributed by atoms with Gasteiger partial charge in [0.1, 0.15) is 6.04 Å². The fraction of sp³-hybridized carbons (Fsp3) is 0.267. The van der Waals surface area contributed by atoms with E-state index in [1.54, 1.807) is 24.1 Å². The van der Waals surface area contributed by atoms with Crippen LogP contribution in [0, 0.1) is 0 Å². The number of nitrogens with one attached hydrogen (secondary N) is 1. The van der Waals surface area contributed by atoms with Crippen LogP contribution in [-0.4, -0.2) is 46.5 Å². The number of anilines is 1. The molecule has 2 aromatic rings. The highest BCUT2D eigenvalue weighted by atomic mass is 35.5. The third kappa shape index (κ3) is 2.46.